The molecule has 3 aromatic rings. The fourth-order valence-corrected chi connectivity index (χ4v) is 3.13. The van der Waals surface area contributed by atoms with Gasteiger partial charge in [0.1, 0.15) is 5.82 Å². The zero-order chi connectivity index (χ0) is 19.6. The highest BCUT2D eigenvalue weighted by Crippen LogP contribution is 2.14. The minimum Gasteiger partial charge on any atom is -0.389 e. The average molecular weight is 379 g/mol. The lowest BCUT2D eigenvalue weighted by Gasteiger charge is -2.25. The molecule has 0 fully saturated rings. The Hall–Kier alpha value is -2.53. The van der Waals surface area contributed by atoms with Crippen LogP contribution < -0.4 is 0 Å². The Labute approximate surface area is 166 Å². The molecule has 1 N–H and O–H groups in total. The monoisotopic (exact) mass is 379 g/mol. The van der Waals surface area contributed by atoms with Gasteiger partial charge in [-0.3, -0.25) is 4.90 Å². The van der Waals surface area contributed by atoms with Crippen LogP contribution in [-0.4, -0.2) is 29.3 Å². The summed E-state index contributed by atoms with van der Waals surface area (Å²) < 4.78 is 19.8. The number of aliphatic hydroxyl groups is 1. The second-order valence-corrected chi connectivity index (χ2v) is 6.90. The molecular weight excluding hydrogens is 353 g/mol. The molecule has 0 radical (unpaired) electrons. The van der Waals surface area contributed by atoms with E-state index in [0.717, 1.165) is 11.1 Å². The van der Waals surface area contributed by atoms with Gasteiger partial charge in [0.15, 0.2) is 0 Å². The van der Waals surface area contributed by atoms with E-state index in [0.29, 0.717) is 31.8 Å². The maximum atomic E-state index is 14.1. The summed E-state index contributed by atoms with van der Waals surface area (Å²) in [4.78, 5) is 2.05. The van der Waals surface area contributed by atoms with Crippen LogP contribution in [0.15, 0.2) is 84.9 Å². The van der Waals surface area contributed by atoms with E-state index in [1.165, 1.54) is 6.07 Å². The molecule has 0 aliphatic heterocycles. The first-order valence-corrected chi connectivity index (χ1v) is 9.50. The molecule has 3 nitrogen and oxygen atoms in total. The molecule has 0 heterocycles. The molecule has 28 heavy (non-hydrogen) atoms. The van der Waals surface area contributed by atoms with Crippen molar-refractivity contribution in [2.45, 2.75) is 25.8 Å². The van der Waals surface area contributed by atoms with E-state index in [1.54, 1.807) is 12.1 Å². The highest BCUT2D eigenvalue weighted by molar-refractivity contribution is 5.18. The van der Waals surface area contributed by atoms with Gasteiger partial charge in [-0.05, 0) is 17.2 Å². The van der Waals surface area contributed by atoms with Gasteiger partial charge in [-0.15, -0.1) is 0 Å². The van der Waals surface area contributed by atoms with Gasteiger partial charge in [-0.1, -0.05) is 78.9 Å². The summed E-state index contributed by atoms with van der Waals surface area (Å²) in [5.41, 5.74) is 2.81. The molecule has 0 saturated heterocycles. The van der Waals surface area contributed by atoms with Crippen molar-refractivity contribution in [1.29, 1.82) is 0 Å². The molecular formula is C24H26FNO2. The number of hydrogen-bond acceptors (Lipinski definition) is 3. The fourth-order valence-electron chi connectivity index (χ4n) is 3.13. The number of aliphatic hydroxyl groups excluding tert-OH is 1. The molecule has 0 unspecified atom stereocenters. The minimum absolute atomic E-state index is 0.227. The van der Waals surface area contributed by atoms with Gasteiger partial charge < -0.3 is 9.84 Å². The third kappa shape index (κ3) is 6.57. The SMILES string of the molecule is O[C@H](COCc1ccccc1)CN(Cc1ccccc1)Cc1ccccc1F. The van der Waals surface area contributed by atoms with Crippen LogP contribution in [0, 0.1) is 5.82 Å². The van der Waals surface area contributed by atoms with Crippen molar-refractivity contribution in [2.75, 3.05) is 13.2 Å². The van der Waals surface area contributed by atoms with Crippen LogP contribution in [-0.2, 0) is 24.4 Å². The number of hydrogen-bond donors (Lipinski definition) is 1. The lowest BCUT2D eigenvalue weighted by Crippen LogP contribution is -2.34. The topological polar surface area (TPSA) is 32.7 Å². The van der Waals surface area contributed by atoms with Gasteiger partial charge in [0.05, 0.1) is 19.3 Å². The second kappa shape index (κ2) is 10.7. The average Bonchev–Trinajstić information content (AvgIpc) is 2.71. The van der Waals surface area contributed by atoms with Gasteiger partial charge in [0, 0.05) is 25.2 Å². The number of benzene rings is 3. The molecule has 0 aliphatic rings. The predicted octanol–water partition coefficient (Wildman–Crippen LogP) is 4.41. The first kappa shape index (κ1) is 20.2. The van der Waals surface area contributed by atoms with Crippen molar-refractivity contribution in [1.82, 2.24) is 4.90 Å². The third-order valence-electron chi connectivity index (χ3n) is 4.49. The summed E-state index contributed by atoms with van der Waals surface area (Å²) in [6, 6.07) is 26.6. The number of ether oxygens (including phenoxy) is 1. The van der Waals surface area contributed by atoms with E-state index in [-0.39, 0.29) is 12.4 Å². The van der Waals surface area contributed by atoms with Gasteiger partial charge >= 0.3 is 0 Å². The van der Waals surface area contributed by atoms with E-state index in [1.807, 2.05) is 71.6 Å². The summed E-state index contributed by atoms with van der Waals surface area (Å²) in [5.74, 6) is -0.227. The van der Waals surface area contributed by atoms with Crippen LogP contribution in [0.25, 0.3) is 0 Å². The number of halogens is 1. The van der Waals surface area contributed by atoms with Crippen molar-refractivity contribution in [2.24, 2.45) is 0 Å². The third-order valence-corrected chi connectivity index (χ3v) is 4.49. The van der Waals surface area contributed by atoms with Gasteiger partial charge in [-0.2, -0.15) is 0 Å². The summed E-state index contributed by atoms with van der Waals surface area (Å²) in [7, 11) is 0. The lowest BCUT2D eigenvalue weighted by atomic mass is 10.1. The molecule has 0 saturated carbocycles. The summed E-state index contributed by atoms with van der Waals surface area (Å²) in [5, 5.41) is 10.5. The van der Waals surface area contributed by atoms with Crippen molar-refractivity contribution < 1.29 is 14.2 Å². The van der Waals surface area contributed by atoms with Crippen LogP contribution in [0.5, 0.6) is 0 Å². The van der Waals surface area contributed by atoms with Crippen LogP contribution in [0.1, 0.15) is 16.7 Å². The van der Waals surface area contributed by atoms with Crippen LogP contribution >= 0.6 is 0 Å². The highest BCUT2D eigenvalue weighted by atomic mass is 19.1. The van der Waals surface area contributed by atoms with Gasteiger partial charge in [-0.25, -0.2) is 4.39 Å². The largest absolute Gasteiger partial charge is 0.389 e. The molecule has 0 amide bonds. The van der Waals surface area contributed by atoms with E-state index >= 15 is 0 Å². The molecule has 0 spiro atoms. The Morgan fingerprint density at radius 1 is 0.786 bits per heavy atom. The maximum Gasteiger partial charge on any atom is 0.127 e. The fraction of sp³-hybridized carbons (Fsp3) is 0.250. The molecule has 0 aromatic heterocycles. The van der Waals surface area contributed by atoms with Gasteiger partial charge in [0.25, 0.3) is 0 Å². The van der Waals surface area contributed by atoms with E-state index in [2.05, 4.69) is 0 Å². The summed E-state index contributed by atoms with van der Waals surface area (Å²) >= 11 is 0. The van der Waals surface area contributed by atoms with Crippen molar-refractivity contribution >= 4 is 0 Å². The number of rotatable bonds is 10. The van der Waals surface area contributed by atoms with Crippen LogP contribution in [0.2, 0.25) is 0 Å². The highest BCUT2D eigenvalue weighted by Gasteiger charge is 2.15. The van der Waals surface area contributed by atoms with E-state index in [4.69, 9.17) is 4.74 Å². The van der Waals surface area contributed by atoms with Crippen molar-refractivity contribution in [3.8, 4) is 0 Å². The Kier molecular flexibility index (Phi) is 7.73. The molecule has 3 rings (SSSR count). The van der Waals surface area contributed by atoms with Crippen LogP contribution in [0.4, 0.5) is 4.39 Å². The Bertz CT molecular complexity index is 826. The second-order valence-electron chi connectivity index (χ2n) is 6.90. The molecule has 3 aromatic carbocycles. The summed E-state index contributed by atoms with van der Waals surface area (Å²) in [6.45, 7) is 2.15. The standard InChI is InChI=1S/C24H26FNO2/c25-24-14-8-7-13-22(24)16-26(15-20-9-3-1-4-10-20)17-23(27)19-28-18-21-11-5-2-6-12-21/h1-14,23,27H,15-19H2/t23-/m0/s1. The minimum atomic E-state index is -0.654. The maximum absolute atomic E-state index is 14.1. The Balaban J connectivity index is 1.58. The Morgan fingerprint density at radius 3 is 2.07 bits per heavy atom. The first-order valence-electron chi connectivity index (χ1n) is 9.50. The Morgan fingerprint density at radius 2 is 1.39 bits per heavy atom. The molecule has 4 heteroatoms. The molecule has 0 bridgehead atoms. The van der Waals surface area contributed by atoms with Crippen LogP contribution in [0.3, 0.4) is 0 Å². The predicted molar refractivity (Wildman–Crippen MR) is 109 cm³/mol. The van der Waals surface area contributed by atoms with Crippen molar-refractivity contribution in [3.63, 3.8) is 0 Å². The molecule has 146 valence electrons. The molecule has 1 atom stereocenters. The van der Waals surface area contributed by atoms with Crippen molar-refractivity contribution in [3.05, 3.63) is 107 Å². The zero-order valence-corrected chi connectivity index (χ0v) is 15.9. The number of nitrogens with zero attached hydrogens (tertiary/aromatic N) is 1. The van der Waals surface area contributed by atoms with E-state index in [9.17, 15) is 9.50 Å². The smallest absolute Gasteiger partial charge is 0.127 e. The lowest BCUT2D eigenvalue weighted by molar-refractivity contribution is 0.00697. The molecule has 0 aliphatic carbocycles. The zero-order valence-electron chi connectivity index (χ0n) is 15.9. The first-order chi connectivity index (χ1) is 13.7. The summed E-state index contributed by atoms with van der Waals surface area (Å²) in [6.07, 6.45) is -0.654. The van der Waals surface area contributed by atoms with Gasteiger partial charge in [0.2, 0.25) is 0 Å². The van der Waals surface area contributed by atoms with E-state index < -0.39 is 6.10 Å². The quantitative estimate of drug-likeness (QED) is 0.567. The normalized spacial score (nSPS) is 12.2.